The molecule has 0 bridgehead atoms. The van der Waals surface area contributed by atoms with Gasteiger partial charge in [-0.15, -0.1) is 0 Å². The van der Waals surface area contributed by atoms with Crippen LogP contribution >= 0.6 is 15.9 Å². The molecule has 0 amide bonds. The minimum atomic E-state index is -4.09. The Hall–Kier alpha value is -0.640. The first-order valence-electron chi connectivity index (χ1n) is 3.90. The van der Waals surface area contributed by atoms with Gasteiger partial charge in [-0.3, -0.25) is 0 Å². The fourth-order valence-corrected chi connectivity index (χ4v) is 4.10. The largest absolute Gasteiger partial charge is 0.398 e. The summed E-state index contributed by atoms with van der Waals surface area (Å²) in [6.45, 7) is 0. The van der Waals surface area contributed by atoms with Crippen LogP contribution in [0.2, 0.25) is 0 Å². The Balaban J connectivity index is 3.24. The number of nitrogen functional groups attached to an aromatic ring is 1. The van der Waals surface area contributed by atoms with Gasteiger partial charge in [0.25, 0.3) is 0 Å². The molecule has 0 aliphatic rings. The maximum Gasteiger partial charge on any atom is 0.223 e. The lowest BCUT2D eigenvalue weighted by Gasteiger charge is -2.05. The standard InChI is InChI=1S/C7H9BrN2O4S2/c8-6-2-1-5(3-7(6)9)15(11,12)4-16(10,13)14/h1-3H,4,9H2,(H2,10,13,14). The van der Waals surface area contributed by atoms with E-state index >= 15 is 0 Å². The van der Waals surface area contributed by atoms with Crippen molar-refractivity contribution in [3.63, 3.8) is 0 Å². The molecule has 4 N–H and O–H groups in total. The molecule has 1 aromatic rings. The van der Waals surface area contributed by atoms with Crippen LogP contribution < -0.4 is 10.9 Å². The van der Waals surface area contributed by atoms with Gasteiger partial charge in [0.1, 0.15) is 0 Å². The number of anilines is 1. The average molecular weight is 329 g/mol. The maximum atomic E-state index is 11.6. The van der Waals surface area contributed by atoms with Crippen molar-refractivity contribution in [1.29, 1.82) is 0 Å². The zero-order chi connectivity index (χ0) is 12.6. The number of hydrogen-bond donors (Lipinski definition) is 2. The van der Waals surface area contributed by atoms with Gasteiger partial charge in [-0.05, 0) is 34.1 Å². The fourth-order valence-electron chi connectivity index (χ4n) is 1.000. The smallest absolute Gasteiger partial charge is 0.223 e. The van der Waals surface area contributed by atoms with Crippen LogP contribution in [0, 0.1) is 0 Å². The molecule has 0 heterocycles. The van der Waals surface area contributed by atoms with Crippen molar-refractivity contribution in [1.82, 2.24) is 0 Å². The molecule has 0 fully saturated rings. The molecule has 6 nitrogen and oxygen atoms in total. The predicted molar refractivity (Wildman–Crippen MR) is 63.7 cm³/mol. The third-order valence-electron chi connectivity index (χ3n) is 1.65. The molecule has 1 rings (SSSR count). The quantitative estimate of drug-likeness (QED) is 0.759. The molecule has 0 atom stereocenters. The number of benzene rings is 1. The minimum absolute atomic E-state index is 0.178. The number of nitrogens with two attached hydrogens (primary N) is 2. The Bertz CT molecular complexity index is 609. The zero-order valence-electron chi connectivity index (χ0n) is 7.92. The summed E-state index contributed by atoms with van der Waals surface area (Å²) in [6.07, 6.45) is 0. The zero-order valence-corrected chi connectivity index (χ0v) is 11.1. The number of sulfonamides is 1. The third-order valence-corrected chi connectivity index (χ3v) is 5.90. The Labute approximate surface area is 102 Å². The summed E-state index contributed by atoms with van der Waals surface area (Å²) in [7, 11) is -8.06. The van der Waals surface area contributed by atoms with Crippen molar-refractivity contribution in [2.24, 2.45) is 5.14 Å². The molecule has 0 aliphatic heterocycles. The van der Waals surface area contributed by atoms with E-state index in [0.29, 0.717) is 4.47 Å². The van der Waals surface area contributed by atoms with Gasteiger partial charge in [0, 0.05) is 10.2 Å². The van der Waals surface area contributed by atoms with Crippen LogP contribution in [0.4, 0.5) is 5.69 Å². The van der Waals surface area contributed by atoms with E-state index in [1.807, 2.05) is 0 Å². The molecular formula is C7H9BrN2O4S2. The summed E-state index contributed by atoms with van der Waals surface area (Å²) in [5.41, 5.74) is 5.69. The first-order chi connectivity index (χ1) is 7.12. The molecule has 0 unspecified atom stereocenters. The lowest BCUT2D eigenvalue weighted by atomic mass is 10.3. The number of halogens is 1. The molecule has 90 valence electrons. The molecule has 0 radical (unpaired) electrons. The topological polar surface area (TPSA) is 120 Å². The van der Waals surface area contributed by atoms with Crippen LogP contribution in [0.5, 0.6) is 0 Å². The van der Waals surface area contributed by atoms with Gasteiger partial charge in [0.15, 0.2) is 14.9 Å². The van der Waals surface area contributed by atoms with E-state index in [1.54, 1.807) is 0 Å². The van der Waals surface area contributed by atoms with Crippen LogP contribution in [-0.2, 0) is 19.9 Å². The van der Waals surface area contributed by atoms with E-state index in [9.17, 15) is 16.8 Å². The number of hydrogen-bond acceptors (Lipinski definition) is 5. The van der Waals surface area contributed by atoms with Crippen molar-refractivity contribution in [3.8, 4) is 0 Å². The van der Waals surface area contributed by atoms with Crippen molar-refractivity contribution in [3.05, 3.63) is 22.7 Å². The van der Waals surface area contributed by atoms with Gasteiger partial charge in [0.2, 0.25) is 10.0 Å². The summed E-state index contributed by atoms with van der Waals surface area (Å²) in [5, 5.41) is 3.54. The second kappa shape index (κ2) is 4.32. The summed E-state index contributed by atoms with van der Waals surface area (Å²) < 4.78 is 45.2. The molecule has 0 aliphatic carbocycles. The molecule has 16 heavy (non-hydrogen) atoms. The normalized spacial score (nSPS) is 12.6. The van der Waals surface area contributed by atoms with E-state index in [2.05, 4.69) is 21.1 Å². The monoisotopic (exact) mass is 328 g/mol. The van der Waals surface area contributed by atoms with Crippen LogP contribution in [0.15, 0.2) is 27.6 Å². The van der Waals surface area contributed by atoms with E-state index in [-0.39, 0.29) is 10.6 Å². The summed E-state index contributed by atoms with van der Waals surface area (Å²) in [6, 6.07) is 3.84. The van der Waals surface area contributed by atoms with Crippen molar-refractivity contribution >= 4 is 41.5 Å². The van der Waals surface area contributed by atoms with Crippen LogP contribution in [0.3, 0.4) is 0 Å². The fraction of sp³-hybridized carbons (Fsp3) is 0.143. The molecule has 1 aromatic carbocycles. The summed E-state index contributed by atoms with van der Waals surface area (Å²) in [4.78, 5) is -0.178. The van der Waals surface area contributed by atoms with Crippen LogP contribution in [-0.4, -0.2) is 21.9 Å². The maximum absolute atomic E-state index is 11.6. The van der Waals surface area contributed by atoms with Gasteiger partial charge in [-0.2, -0.15) is 0 Å². The lowest BCUT2D eigenvalue weighted by Crippen LogP contribution is -2.23. The molecule has 0 spiro atoms. The highest BCUT2D eigenvalue weighted by Gasteiger charge is 2.21. The molecule has 9 heteroatoms. The van der Waals surface area contributed by atoms with E-state index in [0.717, 1.165) is 0 Å². The predicted octanol–water partition coefficient (Wildman–Crippen LogP) is 0.0510. The van der Waals surface area contributed by atoms with Crippen molar-refractivity contribution in [2.75, 3.05) is 10.8 Å². The third kappa shape index (κ3) is 3.44. The average Bonchev–Trinajstić information content (AvgIpc) is 2.05. The van der Waals surface area contributed by atoms with E-state index < -0.39 is 24.9 Å². The summed E-state index contributed by atoms with van der Waals surface area (Å²) >= 11 is 3.09. The number of rotatable bonds is 3. The molecular weight excluding hydrogens is 320 g/mol. The van der Waals surface area contributed by atoms with Gasteiger partial charge < -0.3 is 5.73 Å². The van der Waals surface area contributed by atoms with E-state index in [1.165, 1.54) is 18.2 Å². The second-order valence-electron chi connectivity index (χ2n) is 3.08. The number of sulfone groups is 1. The Morgan fingerprint density at radius 1 is 1.19 bits per heavy atom. The van der Waals surface area contributed by atoms with Crippen molar-refractivity contribution in [2.45, 2.75) is 4.90 Å². The molecule has 0 saturated heterocycles. The highest BCUT2D eigenvalue weighted by atomic mass is 79.9. The Morgan fingerprint density at radius 2 is 1.75 bits per heavy atom. The highest BCUT2D eigenvalue weighted by molar-refractivity contribution is 9.10. The highest BCUT2D eigenvalue weighted by Crippen LogP contribution is 2.23. The Morgan fingerprint density at radius 3 is 2.19 bits per heavy atom. The minimum Gasteiger partial charge on any atom is -0.398 e. The Kier molecular flexibility index (Phi) is 3.62. The SMILES string of the molecule is Nc1cc(S(=O)(=O)CS(N)(=O)=O)ccc1Br. The summed E-state index contributed by atoms with van der Waals surface area (Å²) in [5.74, 6) is 0. The first kappa shape index (κ1) is 13.4. The van der Waals surface area contributed by atoms with Crippen molar-refractivity contribution < 1.29 is 16.8 Å². The molecule has 0 aromatic heterocycles. The number of primary sulfonamides is 1. The van der Waals surface area contributed by atoms with Gasteiger partial charge in [0.05, 0.1) is 4.90 Å². The van der Waals surface area contributed by atoms with Gasteiger partial charge >= 0.3 is 0 Å². The van der Waals surface area contributed by atoms with Gasteiger partial charge in [-0.25, -0.2) is 22.0 Å². The van der Waals surface area contributed by atoms with E-state index in [4.69, 9.17) is 5.73 Å². The van der Waals surface area contributed by atoms with Gasteiger partial charge in [-0.1, -0.05) is 0 Å². The van der Waals surface area contributed by atoms with Crippen LogP contribution in [0.1, 0.15) is 0 Å². The lowest BCUT2D eigenvalue weighted by molar-refractivity contribution is 0.590. The second-order valence-corrected chi connectivity index (χ2v) is 7.90. The van der Waals surface area contributed by atoms with Crippen LogP contribution in [0.25, 0.3) is 0 Å². The first-order valence-corrected chi connectivity index (χ1v) is 8.06. The molecule has 0 saturated carbocycles.